The largest absolute Gasteiger partial charge is 0.483 e. The number of anilines is 1. The Labute approximate surface area is 200 Å². The van der Waals surface area contributed by atoms with Crippen LogP contribution in [0, 0.1) is 0 Å². The maximum Gasteiger partial charge on any atom is 0.290 e. The SMILES string of the molecule is O=C(CN1CCc2c([nH]c3ccc(Cl)cc23)C1CO)Nc1ccc(Cl)c(C2CC2)n1.O=CO. The molecular formula is C23H24Cl2N4O4. The number of hydrogen-bond acceptors (Lipinski definition) is 5. The quantitative estimate of drug-likeness (QED) is 0.401. The van der Waals surface area contributed by atoms with Crippen LogP contribution in [-0.2, 0) is 16.0 Å². The second kappa shape index (κ2) is 10.1. The van der Waals surface area contributed by atoms with E-state index < -0.39 is 0 Å². The second-order valence-electron chi connectivity index (χ2n) is 8.12. The van der Waals surface area contributed by atoms with E-state index in [1.54, 1.807) is 12.1 Å². The molecule has 1 aliphatic carbocycles. The highest BCUT2D eigenvalue weighted by Gasteiger charge is 2.31. The molecule has 1 aliphatic heterocycles. The molecule has 1 aromatic carbocycles. The monoisotopic (exact) mass is 490 g/mol. The fourth-order valence-corrected chi connectivity index (χ4v) is 4.75. The number of carbonyl (C=O) groups excluding carboxylic acids is 1. The van der Waals surface area contributed by atoms with Gasteiger partial charge in [-0.15, -0.1) is 0 Å². The number of aliphatic hydroxyl groups is 1. The Kier molecular flexibility index (Phi) is 7.19. The zero-order valence-corrected chi connectivity index (χ0v) is 19.2. The van der Waals surface area contributed by atoms with Crippen LogP contribution in [0.25, 0.3) is 10.9 Å². The molecule has 3 aromatic rings. The lowest BCUT2D eigenvalue weighted by molar-refractivity contribution is -0.123. The Bertz CT molecular complexity index is 1180. The van der Waals surface area contributed by atoms with Gasteiger partial charge in [0.05, 0.1) is 29.9 Å². The zero-order chi connectivity index (χ0) is 23.5. The first-order chi connectivity index (χ1) is 15.9. The highest BCUT2D eigenvalue weighted by atomic mass is 35.5. The van der Waals surface area contributed by atoms with Gasteiger partial charge in [-0.1, -0.05) is 23.2 Å². The summed E-state index contributed by atoms with van der Waals surface area (Å²) in [4.78, 5) is 31.0. The van der Waals surface area contributed by atoms with Crippen molar-refractivity contribution in [2.75, 3.05) is 25.0 Å². The Morgan fingerprint density at radius 3 is 2.73 bits per heavy atom. The van der Waals surface area contributed by atoms with Crippen LogP contribution in [0.4, 0.5) is 5.82 Å². The molecule has 1 unspecified atom stereocenters. The highest BCUT2D eigenvalue weighted by Crippen LogP contribution is 2.42. The molecule has 10 heteroatoms. The summed E-state index contributed by atoms with van der Waals surface area (Å²) in [5, 5.41) is 22.3. The molecule has 0 saturated heterocycles. The molecule has 3 heterocycles. The predicted molar refractivity (Wildman–Crippen MR) is 127 cm³/mol. The number of carbonyl (C=O) groups is 2. The number of halogens is 2. The smallest absolute Gasteiger partial charge is 0.290 e. The van der Waals surface area contributed by atoms with Gasteiger partial charge in [0.25, 0.3) is 6.47 Å². The first-order valence-corrected chi connectivity index (χ1v) is 11.4. The number of fused-ring (bicyclic) bond motifs is 3. The molecule has 2 aliphatic rings. The fourth-order valence-electron chi connectivity index (χ4n) is 4.32. The van der Waals surface area contributed by atoms with Gasteiger partial charge >= 0.3 is 0 Å². The van der Waals surface area contributed by atoms with Crippen molar-refractivity contribution in [2.45, 2.75) is 31.2 Å². The highest BCUT2D eigenvalue weighted by molar-refractivity contribution is 6.31. The summed E-state index contributed by atoms with van der Waals surface area (Å²) in [5.74, 6) is 0.765. The van der Waals surface area contributed by atoms with Crippen LogP contribution in [0.3, 0.4) is 0 Å². The molecule has 1 saturated carbocycles. The summed E-state index contributed by atoms with van der Waals surface area (Å²) in [6.45, 7) is 0.516. The van der Waals surface area contributed by atoms with Crippen molar-refractivity contribution in [1.29, 1.82) is 0 Å². The summed E-state index contributed by atoms with van der Waals surface area (Å²) in [5.41, 5.74) is 3.97. The number of H-pyrrole nitrogens is 1. The molecule has 0 radical (unpaired) electrons. The molecule has 174 valence electrons. The van der Waals surface area contributed by atoms with E-state index in [9.17, 15) is 9.90 Å². The number of aromatic amines is 1. The molecule has 1 amide bonds. The van der Waals surface area contributed by atoms with Crippen molar-refractivity contribution in [1.82, 2.24) is 14.9 Å². The van der Waals surface area contributed by atoms with Gasteiger partial charge in [-0.05, 0) is 55.2 Å². The minimum absolute atomic E-state index is 0.0775. The molecule has 1 fully saturated rings. The Morgan fingerprint density at radius 2 is 2.03 bits per heavy atom. The van der Waals surface area contributed by atoms with Crippen molar-refractivity contribution in [3.05, 3.63) is 57.3 Å². The lowest BCUT2D eigenvalue weighted by Gasteiger charge is -2.34. The first-order valence-electron chi connectivity index (χ1n) is 10.6. The number of benzene rings is 1. The Hall–Kier alpha value is -2.65. The lowest BCUT2D eigenvalue weighted by atomic mass is 9.97. The van der Waals surface area contributed by atoms with Crippen LogP contribution in [0.15, 0.2) is 30.3 Å². The van der Waals surface area contributed by atoms with E-state index in [0.29, 0.717) is 28.3 Å². The standard InChI is InChI=1S/C22H22Cl2N4O2.CH2O2/c23-13-3-5-17-15(9-13)14-7-8-28(18(11-29)22(14)25-17)10-20(30)26-19-6-4-16(24)21(27-19)12-1-2-12;2-1-3/h3-6,9,12,18,25,29H,1-2,7-8,10-11H2,(H,26,27,30);1H,(H,2,3). The third kappa shape index (κ3) is 5.14. The predicted octanol–water partition coefficient (Wildman–Crippen LogP) is 3.98. The van der Waals surface area contributed by atoms with E-state index in [2.05, 4.69) is 15.3 Å². The number of amides is 1. The van der Waals surface area contributed by atoms with Crippen molar-refractivity contribution >= 4 is 52.3 Å². The van der Waals surface area contributed by atoms with Crippen LogP contribution in [0.2, 0.25) is 10.0 Å². The van der Waals surface area contributed by atoms with Crippen molar-refractivity contribution < 1.29 is 19.8 Å². The Morgan fingerprint density at radius 1 is 1.27 bits per heavy atom. The number of pyridine rings is 1. The van der Waals surface area contributed by atoms with Crippen LogP contribution in [0.5, 0.6) is 0 Å². The maximum absolute atomic E-state index is 12.7. The summed E-state index contributed by atoms with van der Waals surface area (Å²) in [6, 6.07) is 8.99. The zero-order valence-electron chi connectivity index (χ0n) is 17.7. The summed E-state index contributed by atoms with van der Waals surface area (Å²) >= 11 is 12.4. The van der Waals surface area contributed by atoms with Crippen molar-refractivity contribution in [2.24, 2.45) is 0 Å². The number of rotatable bonds is 5. The van der Waals surface area contributed by atoms with Crippen LogP contribution in [-0.4, -0.2) is 57.2 Å². The van der Waals surface area contributed by atoms with Gasteiger partial charge < -0.3 is 20.5 Å². The van der Waals surface area contributed by atoms with Gasteiger partial charge in [0, 0.05) is 34.1 Å². The van der Waals surface area contributed by atoms with Crippen LogP contribution >= 0.6 is 23.2 Å². The molecule has 0 spiro atoms. The van der Waals surface area contributed by atoms with Crippen molar-refractivity contribution in [3.8, 4) is 0 Å². The number of nitrogens with one attached hydrogen (secondary N) is 2. The normalized spacial score (nSPS) is 17.7. The summed E-state index contributed by atoms with van der Waals surface area (Å²) in [7, 11) is 0. The molecule has 8 nitrogen and oxygen atoms in total. The first kappa shape index (κ1) is 23.5. The van der Waals surface area contributed by atoms with E-state index >= 15 is 0 Å². The van der Waals surface area contributed by atoms with Gasteiger partial charge in [0.15, 0.2) is 0 Å². The van der Waals surface area contributed by atoms with Gasteiger partial charge in [-0.25, -0.2) is 4.98 Å². The average Bonchev–Trinajstić information content (AvgIpc) is 3.56. The third-order valence-corrected chi connectivity index (χ3v) is 6.50. The second-order valence-corrected chi connectivity index (χ2v) is 8.96. The molecular weight excluding hydrogens is 467 g/mol. The lowest BCUT2D eigenvalue weighted by Crippen LogP contribution is -2.42. The van der Waals surface area contributed by atoms with E-state index in [0.717, 1.165) is 47.1 Å². The van der Waals surface area contributed by atoms with E-state index in [1.807, 2.05) is 23.1 Å². The van der Waals surface area contributed by atoms with Crippen LogP contribution in [0.1, 0.15) is 41.8 Å². The Balaban J connectivity index is 0.000000821. The van der Waals surface area contributed by atoms with Crippen LogP contribution < -0.4 is 5.32 Å². The van der Waals surface area contributed by atoms with Crippen molar-refractivity contribution in [3.63, 3.8) is 0 Å². The molecule has 4 N–H and O–H groups in total. The maximum atomic E-state index is 12.7. The van der Waals surface area contributed by atoms with Gasteiger partial charge in [0.1, 0.15) is 5.82 Å². The van der Waals surface area contributed by atoms with Gasteiger partial charge in [0.2, 0.25) is 5.91 Å². The number of carboxylic acid groups (broad SMARTS) is 1. The third-order valence-electron chi connectivity index (χ3n) is 5.95. The fraction of sp³-hybridized carbons (Fsp3) is 0.348. The number of hydrogen-bond donors (Lipinski definition) is 4. The topological polar surface area (TPSA) is 119 Å². The number of aromatic nitrogens is 2. The number of nitrogens with zero attached hydrogens (tertiary/aromatic N) is 2. The van der Waals surface area contributed by atoms with E-state index in [1.165, 1.54) is 0 Å². The minimum Gasteiger partial charge on any atom is -0.483 e. The molecule has 33 heavy (non-hydrogen) atoms. The van der Waals surface area contributed by atoms with Gasteiger partial charge in [-0.2, -0.15) is 0 Å². The molecule has 2 aromatic heterocycles. The molecule has 0 bridgehead atoms. The van der Waals surface area contributed by atoms with E-state index in [4.69, 9.17) is 33.1 Å². The summed E-state index contributed by atoms with van der Waals surface area (Å²) in [6.07, 6.45) is 2.97. The average molecular weight is 491 g/mol. The van der Waals surface area contributed by atoms with E-state index in [-0.39, 0.29) is 31.6 Å². The molecule has 1 atom stereocenters. The minimum atomic E-state index is -0.272. The molecule has 5 rings (SSSR count). The van der Waals surface area contributed by atoms with Gasteiger partial charge in [-0.3, -0.25) is 14.5 Å². The number of aliphatic hydroxyl groups excluding tert-OH is 1. The summed E-state index contributed by atoms with van der Waals surface area (Å²) < 4.78 is 0.